The number of rotatable bonds is 1. The first kappa shape index (κ1) is 8.50. The number of hydrogen-bond acceptors (Lipinski definition) is 2. The van der Waals surface area contributed by atoms with Gasteiger partial charge < -0.3 is 0 Å². The van der Waals surface area contributed by atoms with Crippen LogP contribution in [-0.4, -0.2) is 11.3 Å². The molecular formula is C7H5Cl2NO. The van der Waals surface area contributed by atoms with Gasteiger partial charge in [0.1, 0.15) is 5.69 Å². The molecule has 0 bridgehead atoms. The monoisotopic (exact) mass is 189 g/mol. The highest BCUT2D eigenvalue weighted by molar-refractivity contribution is 6.43. The molecule has 0 saturated carbocycles. The van der Waals surface area contributed by atoms with Crippen molar-refractivity contribution in [3.05, 3.63) is 27.5 Å². The smallest absolute Gasteiger partial charge is 0.170 e. The van der Waals surface area contributed by atoms with Crippen LogP contribution >= 0.6 is 23.2 Å². The topological polar surface area (TPSA) is 30.0 Å². The van der Waals surface area contributed by atoms with Crippen molar-refractivity contribution in [2.45, 2.75) is 6.92 Å². The number of carbonyl (C=O) groups excluding carboxylic acids is 1. The summed E-state index contributed by atoms with van der Waals surface area (Å²) in [7, 11) is 0. The molecule has 2 nitrogen and oxygen atoms in total. The van der Waals surface area contributed by atoms with Crippen LogP contribution in [0.3, 0.4) is 0 Å². The van der Waals surface area contributed by atoms with Crippen LogP contribution in [0.5, 0.6) is 0 Å². The fraction of sp³-hybridized carbons (Fsp3) is 0.143. The van der Waals surface area contributed by atoms with E-state index in [2.05, 4.69) is 4.98 Å². The fourth-order valence-corrected chi connectivity index (χ4v) is 1.04. The number of aryl methyl sites for hydroxylation is 1. The van der Waals surface area contributed by atoms with Crippen molar-refractivity contribution in [2.75, 3.05) is 0 Å². The van der Waals surface area contributed by atoms with Gasteiger partial charge in [0, 0.05) is 6.20 Å². The molecule has 0 radical (unpaired) electrons. The average molecular weight is 190 g/mol. The number of nitrogens with zero attached hydrogens (tertiary/aromatic N) is 1. The molecule has 58 valence electrons. The number of pyridine rings is 1. The van der Waals surface area contributed by atoms with Crippen molar-refractivity contribution in [2.24, 2.45) is 0 Å². The molecule has 0 amide bonds. The van der Waals surface area contributed by atoms with Crippen LogP contribution in [0.15, 0.2) is 6.20 Å². The minimum atomic E-state index is 0.183. The predicted molar refractivity (Wildman–Crippen MR) is 44.4 cm³/mol. The van der Waals surface area contributed by atoms with Crippen molar-refractivity contribution >= 4 is 29.5 Å². The molecule has 0 spiro atoms. The summed E-state index contributed by atoms with van der Waals surface area (Å²) >= 11 is 11.4. The highest BCUT2D eigenvalue weighted by Gasteiger charge is 2.06. The van der Waals surface area contributed by atoms with Gasteiger partial charge in [0.25, 0.3) is 0 Å². The SMILES string of the molecule is Cc1cnc(C=O)c(Cl)c1Cl. The minimum Gasteiger partial charge on any atom is -0.296 e. The van der Waals surface area contributed by atoms with E-state index < -0.39 is 0 Å². The maximum absolute atomic E-state index is 10.3. The van der Waals surface area contributed by atoms with Gasteiger partial charge in [-0.25, -0.2) is 0 Å². The van der Waals surface area contributed by atoms with E-state index >= 15 is 0 Å². The second-order valence-corrected chi connectivity index (χ2v) is 2.83. The summed E-state index contributed by atoms with van der Waals surface area (Å²) in [5.74, 6) is 0. The van der Waals surface area contributed by atoms with Gasteiger partial charge >= 0.3 is 0 Å². The van der Waals surface area contributed by atoms with Gasteiger partial charge in [-0.1, -0.05) is 23.2 Å². The number of halogens is 2. The molecule has 0 fully saturated rings. The summed E-state index contributed by atoms with van der Waals surface area (Å²) in [5.41, 5.74) is 0.949. The number of aromatic nitrogens is 1. The van der Waals surface area contributed by atoms with Crippen molar-refractivity contribution in [1.29, 1.82) is 0 Å². The molecule has 0 aliphatic rings. The third-order valence-corrected chi connectivity index (χ3v) is 2.24. The lowest BCUT2D eigenvalue weighted by molar-refractivity contribution is 0.111. The largest absolute Gasteiger partial charge is 0.296 e. The van der Waals surface area contributed by atoms with Gasteiger partial charge in [0.05, 0.1) is 10.0 Å². The van der Waals surface area contributed by atoms with Crippen molar-refractivity contribution in [1.82, 2.24) is 4.98 Å². The second-order valence-electron chi connectivity index (χ2n) is 2.07. The van der Waals surface area contributed by atoms with E-state index in [1.165, 1.54) is 6.20 Å². The van der Waals surface area contributed by atoms with Crippen LogP contribution in [-0.2, 0) is 0 Å². The van der Waals surface area contributed by atoms with E-state index in [1.807, 2.05) is 0 Å². The van der Waals surface area contributed by atoms with E-state index in [9.17, 15) is 4.79 Å². The molecule has 0 saturated heterocycles. The van der Waals surface area contributed by atoms with Crippen LogP contribution in [0.2, 0.25) is 10.0 Å². The Hall–Kier alpha value is -0.600. The molecule has 0 aliphatic heterocycles. The van der Waals surface area contributed by atoms with Gasteiger partial charge in [0.15, 0.2) is 6.29 Å². The van der Waals surface area contributed by atoms with Crippen LogP contribution in [0, 0.1) is 6.92 Å². The first-order valence-corrected chi connectivity index (χ1v) is 3.68. The highest BCUT2D eigenvalue weighted by atomic mass is 35.5. The molecule has 0 aliphatic carbocycles. The van der Waals surface area contributed by atoms with Crippen molar-refractivity contribution in [3.8, 4) is 0 Å². The lowest BCUT2D eigenvalue weighted by atomic mass is 10.3. The Morgan fingerprint density at radius 3 is 2.64 bits per heavy atom. The van der Waals surface area contributed by atoms with Gasteiger partial charge in [-0.05, 0) is 12.5 Å². The van der Waals surface area contributed by atoms with E-state index in [1.54, 1.807) is 6.92 Å². The standard InChI is InChI=1S/C7H5Cl2NO/c1-4-2-10-5(3-11)7(9)6(4)8/h2-3H,1H3. The van der Waals surface area contributed by atoms with Crippen LogP contribution in [0.1, 0.15) is 16.1 Å². The Labute approximate surface area is 74.1 Å². The molecule has 0 aromatic carbocycles. The van der Waals surface area contributed by atoms with Crippen molar-refractivity contribution in [3.63, 3.8) is 0 Å². The zero-order chi connectivity index (χ0) is 8.43. The summed E-state index contributed by atoms with van der Waals surface area (Å²) < 4.78 is 0. The lowest BCUT2D eigenvalue weighted by Crippen LogP contribution is -1.90. The Morgan fingerprint density at radius 2 is 2.09 bits per heavy atom. The van der Waals surface area contributed by atoms with Crippen LogP contribution in [0.4, 0.5) is 0 Å². The maximum atomic E-state index is 10.3. The molecule has 0 atom stereocenters. The summed E-state index contributed by atoms with van der Waals surface area (Å²) in [6.45, 7) is 1.77. The summed E-state index contributed by atoms with van der Waals surface area (Å²) in [5, 5.41) is 0.616. The first-order chi connectivity index (χ1) is 5.16. The molecule has 0 unspecified atom stereocenters. The van der Waals surface area contributed by atoms with Crippen LogP contribution in [0.25, 0.3) is 0 Å². The van der Waals surface area contributed by atoms with E-state index in [0.29, 0.717) is 11.3 Å². The number of hydrogen-bond donors (Lipinski definition) is 0. The Morgan fingerprint density at radius 1 is 1.45 bits per heavy atom. The maximum Gasteiger partial charge on any atom is 0.170 e. The van der Waals surface area contributed by atoms with Gasteiger partial charge in [-0.15, -0.1) is 0 Å². The first-order valence-electron chi connectivity index (χ1n) is 2.92. The molecule has 4 heteroatoms. The van der Waals surface area contributed by atoms with Gasteiger partial charge in [-0.2, -0.15) is 0 Å². The Bertz CT molecular complexity index is 299. The predicted octanol–water partition coefficient (Wildman–Crippen LogP) is 2.51. The molecule has 1 rings (SSSR count). The normalized spacial score (nSPS) is 9.73. The zero-order valence-electron chi connectivity index (χ0n) is 5.77. The molecular weight excluding hydrogens is 185 g/mol. The van der Waals surface area contributed by atoms with Gasteiger partial charge in [0.2, 0.25) is 0 Å². The minimum absolute atomic E-state index is 0.183. The third-order valence-electron chi connectivity index (χ3n) is 1.27. The average Bonchev–Trinajstić information content (AvgIpc) is 2.01. The fourth-order valence-electron chi connectivity index (χ4n) is 0.647. The quantitative estimate of drug-likeness (QED) is 0.636. The Balaban J connectivity index is 3.36. The summed E-state index contributed by atoms with van der Waals surface area (Å²) in [4.78, 5) is 14.1. The molecule has 0 N–H and O–H groups in total. The Kier molecular flexibility index (Phi) is 2.47. The van der Waals surface area contributed by atoms with Crippen molar-refractivity contribution < 1.29 is 4.79 Å². The van der Waals surface area contributed by atoms with Crippen LogP contribution < -0.4 is 0 Å². The van der Waals surface area contributed by atoms with E-state index in [4.69, 9.17) is 23.2 Å². The molecule has 1 aromatic heterocycles. The van der Waals surface area contributed by atoms with Gasteiger partial charge in [-0.3, -0.25) is 9.78 Å². The molecule has 11 heavy (non-hydrogen) atoms. The zero-order valence-corrected chi connectivity index (χ0v) is 7.28. The number of carbonyl (C=O) groups is 1. The second kappa shape index (κ2) is 3.20. The third kappa shape index (κ3) is 1.52. The highest BCUT2D eigenvalue weighted by Crippen LogP contribution is 2.26. The summed E-state index contributed by atoms with van der Waals surface area (Å²) in [6.07, 6.45) is 2.09. The van der Waals surface area contributed by atoms with E-state index in [-0.39, 0.29) is 10.7 Å². The lowest BCUT2D eigenvalue weighted by Gasteiger charge is -2.00. The molecule has 1 aromatic rings. The summed E-state index contributed by atoms with van der Waals surface area (Å²) in [6, 6.07) is 0. The number of aldehydes is 1. The molecule has 1 heterocycles. The van der Waals surface area contributed by atoms with E-state index in [0.717, 1.165) is 5.56 Å².